The van der Waals surface area contributed by atoms with Gasteiger partial charge in [0.15, 0.2) is 0 Å². The number of sulfone groups is 1. The number of hydrogen-bond acceptors (Lipinski definition) is 12. The summed E-state index contributed by atoms with van der Waals surface area (Å²) >= 11 is 0.643. The van der Waals surface area contributed by atoms with Crippen LogP contribution in [-0.2, 0) is 29.3 Å². The molecule has 15 heteroatoms. The van der Waals surface area contributed by atoms with Crippen LogP contribution in [0.5, 0.6) is 0 Å². The molecule has 1 aliphatic rings. The highest BCUT2D eigenvalue weighted by atomic mass is 32.3. The SMILES string of the molecule is CS(=O)(=O)CCCCC(=NOS(=O)(=O)O)SC1OC(CO)C(O)C(O)C1O. The van der Waals surface area contributed by atoms with Gasteiger partial charge in [0.1, 0.15) is 44.7 Å². The van der Waals surface area contributed by atoms with E-state index in [0.29, 0.717) is 11.8 Å². The molecular formula is C12H23NO11S3. The standard InChI is InChI=1S/C12H23NO11S3/c1-26(18,19)5-3-2-4-8(13-24-27(20,21)22)25-12-11(17)10(16)9(15)7(6-14)23-12/h7,9-12,14-17H,2-6H2,1H3,(H,20,21,22). The van der Waals surface area contributed by atoms with Gasteiger partial charge in [0.05, 0.1) is 6.61 Å². The van der Waals surface area contributed by atoms with Crippen LogP contribution in [-0.4, -0.2) is 95.3 Å². The lowest BCUT2D eigenvalue weighted by molar-refractivity contribution is -0.205. The second-order valence-corrected chi connectivity index (χ2v) is 10.3. The van der Waals surface area contributed by atoms with E-state index in [4.69, 9.17) is 14.4 Å². The second-order valence-electron chi connectivity index (χ2n) is 5.89. The third-order valence-electron chi connectivity index (χ3n) is 3.49. The van der Waals surface area contributed by atoms with Gasteiger partial charge in [-0.15, -0.1) is 0 Å². The zero-order valence-corrected chi connectivity index (χ0v) is 16.7. The number of nitrogens with zero attached hydrogens (tertiary/aromatic N) is 1. The molecule has 1 rings (SSSR count). The Labute approximate surface area is 161 Å². The molecule has 27 heavy (non-hydrogen) atoms. The van der Waals surface area contributed by atoms with Gasteiger partial charge in [-0.1, -0.05) is 16.9 Å². The summed E-state index contributed by atoms with van der Waals surface area (Å²) in [5.74, 6) is -0.107. The van der Waals surface area contributed by atoms with Crippen molar-refractivity contribution in [2.45, 2.75) is 49.1 Å². The van der Waals surface area contributed by atoms with Crippen LogP contribution in [0.1, 0.15) is 19.3 Å². The van der Waals surface area contributed by atoms with Crippen LogP contribution in [0.25, 0.3) is 0 Å². The van der Waals surface area contributed by atoms with Crippen molar-refractivity contribution in [3.63, 3.8) is 0 Å². The summed E-state index contributed by atoms with van der Waals surface area (Å²) in [6.07, 6.45) is -4.40. The maximum atomic E-state index is 11.1. The Morgan fingerprint density at radius 1 is 1.11 bits per heavy atom. The highest BCUT2D eigenvalue weighted by molar-refractivity contribution is 8.14. The van der Waals surface area contributed by atoms with E-state index >= 15 is 0 Å². The summed E-state index contributed by atoms with van der Waals surface area (Å²) in [4.78, 5) is 0. The Morgan fingerprint density at radius 2 is 1.74 bits per heavy atom. The first-order chi connectivity index (χ1) is 12.3. The van der Waals surface area contributed by atoms with Crippen molar-refractivity contribution in [1.29, 1.82) is 0 Å². The van der Waals surface area contributed by atoms with Gasteiger partial charge in [-0.25, -0.2) is 12.7 Å². The Bertz CT molecular complexity index is 706. The van der Waals surface area contributed by atoms with E-state index in [2.05, 4.69) is 9.44 Å². The molecule has 0 saturated carbocycles. The third kappa shape index (κ3) is 9.01. The largest absolute Gasteiger partial charge is 0.466 e. The molecule has 0 aromatic carbocycles. The molecule has 1 aliphatic heterocycles. The van der Waals surface area contributed by atoms with Crippen LogP contribution in [0.4, 0.5) is 0 Å². The van der Waals surface area contributed by atoms with Crippen molar-refractivity contribution in [2.24, 2.45) is 5.16 Å². The minimum Gasteiger partial charge on any atom is -0.394 e. The number of ether oxygens (including phenoxy) is 1. The fraction of sp³-hybridized carbons (Fsp3) is 0.917. The fourth-order valence-corrected chi connectivity index (χ4v) is 4.22. The fourth-order valence-electron chi connectivity index (χ4n) is 2.15. The van der Waals surface area contributed by atoms with E-state index in [0.717, 1.165) is 6.26 Å². The quantitative estimate of drug-likeness (QED) is 0.0835. The molecule has 0 spiro atoms. The molecule has 0 radical (unpaired) electrons. The molecule has 1 saturated heterocycles. The highest BCUT2D eigenvalue weighted by Crippen LogP contribution is 2.30. The van der Waals surface area contributed by atoms with Gasteiger partial charge < -0.3 is 25.2 Å². The van der Waals surface area contributed by atoms with E-state index in [9.17, 15) is 32.2 Å². The van der Waals surface area contributed by atoms with Crippen LogP contribution in [0.15, 0.2) is 5.16 Å². The molecule has 5 N–H and O–H groups in total. The topological polar surface area (TPSA) is 200 Å². The lowest BCUT2D eigenvalue weighted by atomic mass is 10.0. The number of aliphatic hydroxyl groups is 4. The molecule has 5 atom stereocenters. The van der Waals surface area contributed by atoms with Crippen molar-refractivity contribution >= 4 is 37.0 Å². The van der Waals surface area contributed by atoms with Crippen LogP contribution < -0.4 is 0 Å². The van der Waals surface area contributed by atoms with E-state index in [1.165, 1.54) is 0 Å². The van der Waals surface area contributed by atoms with Crippen molar-refractivity contribution < 1.29 is 50.8 Å². The van der Waals surface area contributed by atoms with E-state index in [1.807, 2.05) is 0 Å². The molecular weight excluding hydrogens is 430 g/mol. The normalized spacial score (nSPS) is 30.3. The van der Waals surface area contributed by atoms with Crippen molar-refractivity contribution in [3.8, 4) is 0 Å². The third-order valence-corrected chi connectivity index (χ3v) is 5.96. The summed E-state index contributed by atoms with van der Waals surface area (Å²) in [6.45, 7) is -0.648. The summed E-state index contributed by atoms with van der Waals surface area (Å²) < 4.78 is 61.5. The van der Waals surface area contributed by atoms with E-state index in [-0.39, 0.29) is 30.1 Å². The average molecular weight is 454 g/mol. The van der Waals surface area contributed by atoms with Gasteiger partial charge in [0, 0.05) is 12.0 Å². The molecule has 0 aromatic rings. The van der Waals surface area contributed by atoms with Gasteiger partial charge in [0.25, 0.3) is 0 Å². The van der Waals surface area contributed by atoms with Gasteiger partial charge in [-0.3, -0.25) is 4.55 Å². The smallest absolute Gasteiger partial charge is 0.394 e. The first-order valence-electron chi connectivity index (χ1n) is 7.72. The Morgan fingerprint density at radius 3 is 2.26 bits per heavy atom. The highest BCUT2D eigenvalue weighted by Gasteiger charge is 2.44. The molecule has 0 bridgehead atoms. The van der Waals surface area contributed by atoms with Crippen LogP contribution >= 0.6 is 11.8 Å². The maximum absolute atomic E-state index is 11.1. The lowest BCUT2D eigenvalue weighted by Gasteiger charge is -2.39. The minimum atomic E-state index is -4.89. The molecule has 0 aromatic heterocycles. The monoisotopic (exact) mass is 453 g/mol. The zero-order valence-electron chi connectivity index (χ0n) is 14.3. The predicted octanol–water partition coefficient (Wildman–Crippen LogP) is -2.13. The summed E-state index contributed by atoms with van der Waals surface area (Å²) in [6, 6.07) is 0. The molecule has 160 valence electrons. The molecule has 1 fully saturated rings. The molecule has 12 nitrogen and oxygen atoms in total. The average Bonchev–Trinajstić information content (AvgIpc) is 2.54. The summed E-state index contributed by atoms with van der Waals surface area (Å²) in [5.41, 5.74) is -1.24. The molecule has 1 heterocycles. The Kier molecular flexibility index (Phi) is 9.36. The van der Waals surface area contributed by atoms with Gasteiger partial charge in [0.2, 0.25) is 0 Å². The van der Waals surface area contributed by atoms with E-state index in [1.54, 1.807) is 0 Å². The number of thioether (sulfide) groups is 1. The van der Waals surface area contributed by atoms with Crippen molar-refractivity contribution in [2.75, 3.05) is 18.6 Å². The van der Waals surface area contributed by atoms with Gasteiger partial charge in [-0.2, -0.15) is 8.42 Å². The minimum absolute atomic E-state index is 0.0186. The number of hydrogen-bond donors (Lipinski definition) is 5. The van der Waals surface area contributed by atoms with Crippen molar-refractivity contribution in [3.05, 3.63) is 0 Å². The van der Waals surface area contributed by atoms with Crippen LogP contribution in [0.2, 0.25) is 0 Å². The Balaban J connectivity index is 2.82. The lowest BCUT2D eigenvalue weighted by Crippen LogP contribution is -2.57. The maximum Gasteiger partial charge on any atom is 0.466 e. The van der Waals surface area contributed by atoms with Gasteiger partial charge in [-0.05, 0) is 19.3 Å². The molecule has 5 unspecified atom stereocenters. The number of oxime groups is 1. The summed E-state index contributed by atoms with van der Waals surface area (Å²) in [7, 11) is -8.08. The van der Waals surface area contributed by atoms with Crippen LogP contribution in [0.3, 0.4) is 0 Å². The number of unbranched alkanes of at least 4 members (excludes halogenated alkanes) is 1. The first kappa shape index (κ1) is 24.5. The number of aliphatic hydroxyl groups excluding tert-OH is 4. The summed E-state index contributed by atoms with van der Waals surface area (Å²) in [5, 5.41) is 41.8. The first-order valence-corrected chi connectivity index (χ1v) is 12.0. The zero-order chi connectivity index (χ0) is 20.8. The van der Waals surface area contributed by atoms with Gasteiger partial charge >= 0.3 is 10.4 Å². The van der Waals surface area contributed by atoms with Crippen molar-refractivity contribution in [1.82, 2.24) is 0 Å². The Hall–Kier alpha value is -0.520. The number of rotatable bonds is 9. The van der Waals surface area contributed by atoms with Crippen LogP contribution in [0, 0.1) is 0 Å². The molecule has 0 aliphatic carbocycles. The predicted molar refractivity (Wildman–Crippen MR) is 95.0 cm³/mol. The van der Waals surface area contributed by atoms with E-state index < -0.39 is 56.7 Å². The second kappa shape index (κ2) is 10.3. The molecule has 0 amide bonds.